The number of ether oxygens (including phenoxy) is 1. The maximum absolute atomic E-state index is 5.23. The van der Waals surface area contributed by atoms with Gasteiger partial charge in [0.05, 0.1) is 12.2 Å². The lowest BCUT2D eigenvalue weighted by Gasteiger charge is -2.01. The van der Waals surface area contributed by atoms with Crippen molar-refractivity contribution in [1.29, 1.82) is 0 Å². The standard InChI is InChI=1S/C7H13BrO/c1-7(6-9-7)4-2-3-5-8/h2-6H2,1H3/t7-/m0/s1. The Morgan fingerprint density at radius 3 is 2.67 bits per heavy atom. The van der Waals surface area contributed by atoms with Crippen LogP contribution in [0, 0.1) is 0 Å². The van der Waals surface area contributed by atoms with Gasteiger partial charge in [0.2, 0.25) is 0 Å². The van der Waals surface area contributed by atoms with E-state index in [1.807, 2.05) is 0 Å². The van der Waals surface area contributed by atoms with Gasteiger partial charge in [-0.3, -0.25) is 0 Å². The molecule has 0 N–H and O–H groups in total. The maximum Gasteiger partial charge on any atom is 0.0888 e. The van der Waals surface area contributed by atoms with Crippen LogP contribution in [0.2, 0.25) is 0 Å². The smallest absolute Gasteiger partial charge is 0.0888 e. The maximum atomic E-state index is 5.23. The molecule has 0 spiro atoms. The van der Waals surface area contributed by atoms with E-state index < -0.39 is 0 Å². The van der Waals surface area contributed by atoms with Crippen molar-refractivity contribution in [2.24, 2.45) is 0 Å². The van der Waals surface area contributed by atoms with Crippen molar-refractivity contribution in [2.75, 3.05) is 11.9 Å². The van der Waals surface area contributed by atoms with Gasteiger partial charge in [0.1, 0.15) is 0 Å². The predicted molar refractivity (Wildman–Crippen MR) is 42.0 cm³/mol. The van der Waals surface area contributed by atoms with E-state index in [0.717, 1.165) is 11.9 Å². The first-order valence-electron chi connectivity index (χ1n) is 3.47. The zero-order chi connectivity index (χ0) is 6.74. The van der Waals surface area contributed by atoms with Gasteiger partial charge in [-0.1, -0.05) is 15.9 Å². The zero-order valence-corrected chi connectivity index (χ0v) is 7.41. The molecule has 0 radical (unpaired) electrons. The molecular weight excluding hydrogens is 180 g/mol. The Morgan fingerprint density at radius 2 is 2.22 bits per heavy atom. The van der Waals surface area contributed by atoms with Crippen LogP contribution in [0.4, 0.5) is 0 Å². The number of hydrogen-bond donors (Lipinski definition) is 0. The van der Waals surface area contributed by atoms with E-state index in [1.54, 1.807) is 0 Å². The summed E-state index contributed by atoms with van der Waals surface area (Å²) in [6.07, 6.45) is 3.80. The van der Waals surface area contributed by atoms with Crippen LogP contribution >= 0.6 is 15.9 Å². The summed E-state index contributed by atoms with van der Waals surface area (Å²) in [4.78, 5) is 0. The predicted octanol–water partition coefficient (Wildman–Crippen LogP) is 2.34. The molecule has 0 amide bonds. The highest BCUT2D eigenvalue weighted by molar-refractivity contribution is 9.09. The highest BCUT2D eigenvalue weighted by Gasteiger charge is 2.37. The fourth-order valence-electron chi connectivity index (χ4n) is 0.861. The first-order chi connectivity index (χ1) is 4.27. The van der Waals surface area contributed by atoms with Gasteiger partial charge in [0.25, 0.3) is 0 Å². The average molecular weight is 193 g/mol. The van der Waals surface area contributed by atoms with Crippen LogP contribution in [0.3, 0.4) is 0 Å². The second-order valence-electron chi connectivity index (χ2n) is 2.88. The lowest BCUT2D eigenvalue weighted by Crippen LogP contribution is -2.02. The van der Waals surface area contributed by atoms with Crippen LogP contribution in [0.5, 0.6) is 0 Å². The minimum absolute atomic E-state index is 0.280. The Labute approximate surface area is 64.9 Å². The molecule has 0 aromatic rings. The second-order valence-corrected chi connectivity index (χ2v) is 3.68. The number of halogens is 1. The molecule has 54 valence electrons. The monoisotopic (exact) mass is 192 g/mol. The summed E-state index contributed by atoms with van der Waals surface area (Å²) in [6.45, 7) is 3.16. The van der Waals surface area contributed by atoms with E-state index in [2.05, 4.69) is 22.9 Å². The fraction of sp³-hybridized carbons (Fsp3) is 1.00. The van der Waals surface area contributed by atoms with Gasteiger partial charge in [-0.05, 0) is 26.2 Å². The van der Waals surface area contributed by atoms with E-state index in [9.17, 15) is 0 Å². The van der Waals surface area contributed by atoms with Crippen molar-refractivity contribution in [3.63, 3.8) is 0 Å². The van der Waals surface area contributed by atoms with Gasteiger partial charge in [0.15, 0.2) is 0 Å². The van der Waals surface area contributed by atoms with E-state index in [1.165, 1.54) is 19.3 Å². The molecule has 0 aromatic carbocycles. The lowest BCUT2D eigenvalue weighted by molar-refractivity contribution is 0.303. The number of hydrogen-bond acceptors (Lipinski definition) is 1. The highest BCUT2D eigenvalue weighted by atomic mass is 79.9. The molecular formula is C7H13BrO. The lowest BCUT2D eigenvalue weighted by atomic mass is 10.1. The van der Waals surface area contributed by atoms with Crippen molar-refractivity contribution in [3.8, 4) is 0 Å². The molecule has 1 fully saturated rings. The molecule has 1 aliphatic rings. The largest absolute Gasteiger partial charge is 0.370 e. The third-order valence-corrected chi connectivity index (χ3v) is 2.29. The first-order valence-corrected chi connectivity index (χ1v) is 4.59. The molecule has 0 saturated carbocycles. The molecule has 1 nitrogen and oxygen atoms in total. The number of epoxide rings is 1. The summed E-state index contributed by atoms with van der Waals surface area (Å²) in [5, 5.41) is 1.13. The highest BCUT2D eigenvalue weighted by Crippen LogP contribution is 2.31. The summed E-state index contributed by atoms with van der Waals surface area (Å²) in [7, 11) is 0. The molecule has 1 heterocycles. The summed E-state index contributed by atoms with van der Waals surface area (Å²) >= 11 is 3.40. The molecule has 1 saturated heterocycles. The minimum atomic E-state index is 0.280. The average Bonchev–Trinajstić information content (AvgIpc) is 2.50. The van der Waals surface area contributed by atoms with Crippen LogP contribution in [0.25, 0.3) is 0 Å². The minimum Gasteiger partial charge on any atom is -0.370 e. The molecule has 2 heteroatoms. The molecule has 9 heavy (non-hydrogen) atoms. The Balaban J connectivity index is 1.92. The van der Waals surface area contributed by atoms with Gasteiger partial charge < -0.3 is 4.74 Å². The fourth-order valence-corrected chi connectivity index (χ4v) is 1.26. The topological polar surface area (TPSA) is 12.5 Å². The first kappa shape index (κ1) is 7.55. The van der Waals surface area contributed by atoms with Crippen LogP contribution in [-0.2, 0) is 4.74 Å². The van der Waals surface area contributed by atoms with Crippen LogP contribution in [-0.4, -0.2) is 17.5 Å². The van der Waals surface area contributed by atoms with Crippen LogP contribution in [0.15, 0.2) is 0 Å². The molecule has 1 atom stereocenters. The van der Waals surface area contributed by atoms with Gasteiger partial charge >= 0.3 is 0 Å². The van der Waals surface area contributed by atoms with Gasteiger partial charge in [-0.25, -0.2) is 0 Å². The van der Waals surface area contributed by atoms with Crippen molar-refractivity contribution in [2.45, 2.75) is 31.8 Å². The Morgan fingerprint density at radius 1 is 1.56 bits per heavy atom. The molecule has 0 aromatic heterocycles. The third-order valence-electron chi connectivity index (χ3n) is 1.73. The summed E-state index contributed by atoms with van der Waals surface area (Å²) in [5.74, 6) is 0. The van der Waals surface area contributed by atoms with Gasteiger partial charge in [0, 0.05) is 5.33 Å². The van der Waals surface area contributed by atoms with Crippen LogP contribution in [0.1, 0.15) is 26.2 Å². The molecule has 0 aliphatic carbocycles. The van der Waals surface area contributed by atoms with E-state index >= 15 is 0 Å². The van der Waals surface area contributed by atoms with Crippen molar-refractivity contribution < 1.29 is 4.74 Å². The van der Waals surface area contributed by atoms with Gasteiger partial charge in [-0.2, -0.15) is 0 Å². The quantitative estimate of drug-likeness (QED) is 0.379. The Kier molecular flexibility index (Phi) is 2.53. The molecule has 0 bridgehead atoms. The molecule has 1 rings (SSSR count). The number of unbranched alkanes of at least 4 members (excludes halogenated alkanes) is 1. The molecule has 0 unspecified atom stereocenters. The normalized spacial score (nSPS) is 32.7. The van der Waals surface area contributed by atoms with Crippen molar-refractivity contribution in [3.05, 3.63) is 0 Å². The van der Waals surface area contributed by atoms with E-state index in [0.29, 0.717) is 0 Å². The van der Waals surface area contributed by atoms with Gasteiger partial charge in [-0.15, -0.1) is 0 Å². The van der Waals surface area contributed by atoms with Crippen molar-refractivity contribution >= 4 is 15.9 Å². The number of alkyl halides is 1. The van der Waals surface area contributed by atoms with Crippen LogP contribution < -0.4 is 0 Å². The Bertz CT molecular complexity index is 88.9. The SMILES string of the molecule is C[C@]1(CCCCBr)CO1. The summed E-state index contributed by atoms with van der Waals surface area (Å²) in [6, 6.07) is 0. The summed E-state index contributed by atoms with van der Waals surface area (Å²) in [5.41, 5.74) is 0.280. The zero-order valence-electron chi connectivity index (χ0n) is 5.82. The van der Waals surface area contributed by atoms with E-state index in [-0.39, 0.29) is 5.60 Å². The van der Waals surface area contributed by atoms with Crippen molar-refractivity contribution in [1.82, 2.24) is 0 Å². The number of rotatable bonds is 4. The second kappa shape index (κ2) is 3.02. The summed E-state index contributed by atoms with van der Waals surface area (Å²) < 4.78 is 5.23. The van der Waals surface area contributed by atoms with E-state index in [4.69, 9.17) is 4.74 Å². The third kappa shape index (κ3) is 2.67. The Hall–Kier alpha value is 0.440. The molecule has 1 aliphatic heterocycles.